The third-order valence-electron chi connectivity index (χ3n) is 2.90. The second-order valence-electron chi connectivity index (χ2n) is 5.49. The first-order valence-electron chi connectivity index (χ1n) is 5.96. The average Bonchev–Trinajstić information content (AvgIpc) is 2.67. The lowest BCUT2D eigenvalue weighted by Crippen LogP contribution is -2.26. The summed E-state index contributed by atoms with van der Waals surface area (Å²) in [6.07, 6.45) is 0.536. The van der Waals surface area contributed by atoms with Crippen molar-refractivity contribution in [3.63, 3.8) is 0 Å². The maximum absolute atomic E-state index is 11.9. The number of hydrogen-bond acceptors (Lipinski definition) is 4. The van der Waals surface area contributed by atoms with Crippen molar-refractivity contribution >= 4 is 12.0 Å². The molecule has 1 aliphatic rings. The van der Waals surface area contributed by atoms with E-state index in [1.165, 1.54) is 6.08 Å². The Kier molecular flexibility index (Phi) is 3.14. The molecule has 1 aromatic rings. The molecule has 100 valence electrons. The lowest BCUT2D eigenvalue weighted by Gasteiger charge is -2.20. The van der Waals surface area contributed by atoms with E-state index in [4.69, 9.17) is 4.74 Å². The summed E-state index contributed by atoms with van der Waals surface area (Å²) in [5.74, 6) is -0.457. The number of carbonyl (C=O) groups is 1. The zero-order valence-electron chi connectivity index (χ0n) is 11.0. The van der Waals surface area contributed by atoms with Crippen LogP contribution in [0.2, 0.25) is 0 Å². The van der Waals surface area contributed by atoms with Gasteiger partial charge in [0.25, 0.3) is 5.70 Å². The number of benzene rings is 1. The molecule has 0 aromatic heterocycles. The van der Waals surface area contributed by atoms with Crippen LogP contribution >= 0.6 is 0 Å². The summed E-state index contributed by atoms with van der Waals surface area (Å²) >= 11 is 0. The van der Waals surface area contributed by atoms with Crippen molar-refractivity contribution in [3.05, 3.63) is 51.2 Å². The molecule has 0 saturated carbocycles. The minimum Gasteiger partial charge on any atom is -0.445 e. The highest BCUT2D eigenvalue weighted by molar-refractivity contribution is 5.77. The Morgan fingerprint density at radius 3 is 2.53 bits per heavy atom. The van der Waals surface area contributed by atoms with Crippen LogP contribution in [0.1, 0.15) is 38.0 Å². The van der Waals surface area contributed by atoms with Crippen molar-refractivity contribution in [1.29, 1.82) is 0 Å². The molecule has 19 heavy (non-hydrogen) atoms. The van der Waals surface area contributed by atoms with Gasteiger partial charge in [-0.2, -0.15) is 0 Å². The highest BCUT2D eigenvalue weighted by atomic mass is 16.6. The van der Waals surface area contributed by atoms with Crippen LogP contribution < -0.4 is 0 Å². The molecule has 1 unspecified atom stereocenters. The van der Waals surface area contributed by atoms with E-state index in [9.17, 15) is 14.9 Å². The van der Waals surface area contributed by atoms with Crippen LogP contribution in [0.5, 0.6) is 0 Å². The van der Waals surface area contributed by atoms with E-state index in [1.54, 1.807) is 45.0 Å². The van der Waals surface area contributed by atoms with Crippen molar-refractivity contribution in [2.45, 2.75) is 26.9 Å². The molecule has 0 amide bonds. The fraction of sp³-hybridized carbons (Fsp3) is 0.357. The van der Waals surface area contributed by atoms with Gasteiger partial charge in [-0.05, 0) is 26.3 Å². The van der Waals surface area contributed by atoms with E-state index in [2.05, 4.69) is 0 Å². The van der Waals surface area contributed by atoms with Crippen LogP contribution in [0.15, 0.2) is 30.0 Å². The Morgan fingerprint density at radius 2 is 1.95 bits per heavy atom. The fourth-order valence-electron chi connectivity index (χ4n) is 1.83. The first-order chi connectivity index (χ1) is 8.80. The van der Waals surface area contributed by atoms with Gasteiger partial charge in [0.05, 0.1) is 10.3 Å². The van der Waals surface area contributed by atoms with Crippen LogP contribution in [0.25, 0.3) is 6.08 Å². The van der Waals surface area contributed by atoms with Crippen molar-refractivity contribution in [1.82, 2.24) is 0 Å². The van der Waals surface area contributed by atoms with Crippen LogP contribution in [-0.4, -0.2) is 10.9 Å². The van der Waals surface area contributed by atoms with Gasteiger partial charge >= 0.3 is 5.97 Å². The number of carbonyl (C=O) groups excluding carboxylic acids is 1. The van der Waals surface area contributed by atoms with E-state index < -0.39 is 22.4 Å². The fourth-order valence-corrected chi connectivity index (χ4v) is 1.83. The van der Waals surface area contributed by atoms with E-state index in [0.29, 0.717) is 5.56 Å². The monoisotopic (exact) mass is 261 g/mol. The molecule has 1 atom stereocenters. The molecule has 1 aliphatic carbocycles. The summed E-state index contributed by atoms with van der Waals surface area (Å²) < 4.78 is 5.33. The van der Waals surface area contributed by atoms with Gasteiger partial charge in [0.1, 0.15) is 0 Å². The van der Waals surface area contributed by atoms with Gasteiger partial charge < -0.3 is 4.74 Å². The van der Waals surface area contributed by atoms with E-state index in [1.807, 2.05) is 0 Å². The SMILES string of the molecule is CC(C)(C)C(=O)OC1C([N+](=O)[O-])=Cc2ccccc21. The molecule has 0 heterocycles. The minimum atomic E-state index is -0.919. The van der Waals surface area contributed by atoms with Gasteiger partial charge in [0.2, 0.25) is 6.10 Å². The van der Waals surface area contributed by atoms with E-state index in [0.717, 1.165) is 5.56 Å². The normalized spacial score (nSPS) is 17.6. The highest BCUT2D eigenvalue weighted by Crippen LogP contribution is 2.38. The molecule has 0 N–H and O–H groups in total. The molecule has 0 aliphatic heterocycles. The average molecular weight is 261 g/mol. The predicted molar refractivity (Wildman–Crippen MR) is 69.7 cm³/mol. The van der Waals surface area contributed by atoms with Crippen LogP contribution in [0.4, 0.5) is 0 Å². The third kappa shape index (κ3) is 2.50. The Balaban J connectivity index is 2.35. The minimum absolute atomic E-state index is 0.0983. The molecule has 0 saturated heterocycles. The Bertz CT molecular complexity index is 569. The topological polar surface area (TPSA) is 69.4 Å². The molecular formula is C14H15NO4. The maximum atomic E-state index is 11.9. The lowest BCUT2D eigenvalue weighted by molar-refractivity contribution is -0.434. The molecule has 0 radical (unpaired) electrons. The second-order valence-corrected chi connectivity index (χ2v) is 5.49. The van der Waals surface area contributed by atoms with Crippen molar-refractivity contribution in [2.75, 3.05) is 0 Å². The van der Waals surface area contributed by atoms with E-state index >= 15 is 0 Å². The number of esters is 1. The molecule has 2 rings (SSSR count). The molecule has 0 spiro atoms. The highest BCUT2D eigenvalue weighted by Gasteiger charge is 2.38. The molecular weight excluding hydrogens is 246 g/mol. The lowest BCUT2D eigenvalue weighted by atomic mass is 9.97. The number of nitro groups is 1. The molecule has 5 heteroatoms. The van der Waals surface area contributed by atoms with Gasteiger partial charge in [-0.25, -0.2) is 0 Å². The molecule has 0 fully saturated rings. The predicted octanol–water partition coefficient (Wildman–Crippen LogP) is 2.95. The van der Waals surface area contributed by atoms with E-state index in [-0.39, 0.29) is 5.70 Å². The summed E-state index contributed by atoms with van der Waals surface area (Å²) in [6.45, 7) is 5.14. The number of fused-ring (bicyclic) bond motifs is 1. The zero-order valence-corrected chi connectivity index (χ0v) is 11.0. The third-order valence-corrected chi connectivity index (χ3v) is 2.90. The quantitative estimate of drug-likeness (QED) is 0.466. The largest absolute Gasteiger partial charge is 0.445 e. The Morgan fingerprint density at radius 1 is 1.32 bits per heavy atom. The van der Waals surface area contributed by atoms with Gasteiger partial charge in [0.15, 0.2) is 0 Å². The van der Waals surface area contributed by atoms with Gasteiger partial charge in [0, 0.05) is 11.6 Å². The van der Waals surface area contributed by atoms with Gasteiger partial charge in [-0.15, -0.1) is 0 Å². The summed E-state index contributed by atoms with van der Waals surface area (Å²) in [5, 5.41) is 11.1. The maximum Gasteiger partial charge on any atom is 0.312 e. The molecule has 0 bridgehead atoms. The first kappa shape index (κ1) is 13.3. The number of nitrogens with zero attached hydrogens (tertiary/aromatic N) is 1. The van der Waals surface area contributed by atoms with Crippen LogP contribution in [0, 0.1) is 15.5 Å². The van der Waals surface area contributed by atoms with Crippen LogP contribution in [-0.2, 0) is 9.53 Å². The van der Waals surface area contributed by atoms with Crippen molar-refractivity contribution in [2.24, 2.45) is 5.41 Å². The van der Waals surface area contributed by atoms with Crippen LogP contribution in [0.3, 0.4) is 0 Å². The van der Waals surface area contributed by atoms with Crippen molar-refractivity contribution in [3.8, 4) is 0 Å². The zero-order chi connectivity index (χ0) is 14.2. The Labute approximate surface area is 111 Å². The Hall–Kier alpha value is -2.17. The number of ether oxygens (including phenoxy) is 1. The number of rotatable bonds is 2. The first-order valence-corrected chi connectivity index (χ1v) is 5.96. The number of hydrogen-bond donors (Lipinski definition) is 0. The summed E-state index contributed by atoms with van der Waals surface area (Å²) in [7, 11) is 0. The van der Waals surface area contributed by atoms with Crippen molar-refractivity contribution < 1.29 is 14.5 Å². The summed E-state index contributed by atoms with van der Waals surface area (Å²) in [5.41, 5.74) is 0.589. The standard InChI is InChI=1S/C14H15NO4/c1-14(2,3)13(16)19-12-10-7-5-4-6-9(10)8-11(12)15(17)18/h4-8,12H,1-3H3. The molecule has 5 nitrogen and oxygen atoms in total. The second kappa shape index (κ2) is 4.50. The smallest absolute Gasteiger partial charge is 0.312 e. The summed E-state index contributed by atoms with van der Waals surface area (Å²) in [4.78, 5) is 22.5. The summed E-state index contributed by atoms with van der Waals surface area (Å²) in [6, 6.07) is 7.07. The van der Waals surface area contributed by atoms with Gasteiger partial charge in [-0.1, -0.05) is 24.3 Å². The van der Waals surface area contributed by atoms with Gasteiger partial charge in [-0.3, -0.25) is 14.9 Å². The molecule has 1 aromatic carbocycles.